The Morgan fingerprint density at radius 2 is 2.04 bits per heavy atom. The largest absolute Gasteiger partial charge is 0.480 e. The molecule has 4 rings (SSSR count). The van der Waals surface area contributed by atoms with Gasteiger partial charge in [-0.25, -0.2) is 4.79 Å². The number of benzene rings is 1. The summed E-state index contributed by atoms with van der Waals surface area (Å²) in [6, 6.07) is 10.7. The summed E-state index contributed by atoms with van der Waals surface area (Å²) >= 11 is 1.53. The number of aryl methyl sites for hydroxylation is 1. The third kappa shape index (κ3) is 3.82. The van der Waals surface area contributed by atoms with E-state index in [0.29, 0.717) is 37.5 Å². The van der Waals surface area contributed by atoms with Crippen LogP contribution in [-0.2, 0) is 29.0 Å². The summed E-state index contributed by atoms with van der Waals surface area (Å²) in [7, 11) is 0. The van der Waals surface area contributed by atoms with Gasteiger partial charge in [0.15, 0.2) is 0 Å². The lowest BCUT2D eigenvalue weighted by Crippen LogP contribution is -2.48. The average Bonchev–Trinajstić information content (AvgIpc) is 3.38. The fourth-order valence-electron chi connectivity index (χ4n) is 3.40. The molecule has 1 N–H and O–H groups in total. The lowest BCUT2D eigenvalue weighted by Gasteiger charge is -2.34. The quantitative estimate of drug-likeness (QED) is 0.686. The fraction of sp³-hybridized carbons (Fsp3) is 0.300. The van der Waals surface area contributed by atoms with Crippen LogP contribution >= 0.6 is 11.3 Å². The average molecular weight is 397 g/mol. The standard InChI is InChI=1S/C20H19N3O4S/c24-18(9-3-8-17-21-19(22-27-17)16-7-4-10-28-16)23-12-14-6-2-1-5-13(14)11-15(23)20(25)26/h1-2,4-7,10,15H,3,8-9,11-12H2,(H,25,26)/t15-/m0/s1. The molecular formula is C20H19N3O4S. The summed E-state index contributed by atoms with van der Waals surface area (Å²) in [6.45, 7) is 0.328. The second-order valence-corrected chi connectivity index (χ2v) is 7.64. The van der Waals surface area contributed by atoms with Crippen molar-refractivity contribution < 1.29 is 19.2 Å². The summed E-state index contributed by atoms with van der Waals surface area (Å²) in [5, 5.41) is 15.5. The van der Waals surface area contributed by atoms with Gasteiger partial charge in [0, 0.05) is 25.8 Å². The first-order valence-electron chi connectivity index (χ1n) is 9.07. The minimum Gasteiger partial charge on any atom is -0.480 e. The number of aromatic nitrogens is 2. The van der Waals surface area contributed by atoms with Crippen LogP contribution in [0.3, 0.4) is 0 Å². The maximum absolute atomic E-state index is 12.7. The van der Waals surface area contributed by atoms with Gasteiger partial charge in [-0.2, -0.15) is 4.98 Å². The molecule has 3 heterocycles. The monoisotopic (exact) mass is 397 g/mol. The van der Waals surface area contributed by atoms with Crippen molar-refractivity contribution in [1.29, 1.82) is 0 Å². The van der Waals surface area contributed by atoms with E-state index in [1.54, 1.807) is 0 Å². The van der Waals surface area contributed by atoms with Crippen molar-refractivity contribution in [2.24, 2.45) is 0 Å². The second kappa shape index (κ2) is 7.93. The number of aliphatic carboxylic acids is 1. The van der Waals surface area contributed by atoms with Gasteiger partial charge in [0.25, 0.3) is 0 Å². The lowest BCUT2D eigenvalue weighted by molar-refractivity contribution is -0.151. The van der Waals surface area contributed by atoms with Crippen LogP contribution in [0.4, 0.5) is 0 Å². The summed E-state index contributed by atoms with van der Waals surface area (Å²) in [4.78, 5) is 31.1. The molecule has 0 saturated heterocycles. The smallest absolute Gasteiger partial charge is 0.326 e. The molecule has 0 unspecified atom stereocenters. The van der Waals surface area contributed by atoms with Crippen LogP contribution in [0.2, 0.25) is 0 Å². The lowest BCUT2D eigenvalue weighted by atomic mass is 9.93. The van der Waals surface area contributed by atoms with E-state index in [9.17, 15) is 14.7 Å². The van der Waals surface area contributed by atoms with E-state index in [4.69, 9.17) is 4.52 Å². The van der Waals surface area contributed by atoms with Gasteiger partial charge in [-0.3, -0.25) is 4.79 Å². The van der Waals surface area contributed by atoms with Crippen molar-refractivity contribution in [3.8, 4) is 10.7 Å². The van der Waals surface area contributed by atoms with Crippen LogP contribution in [0.5, 0.6) is 0 Å². The Bertz CT molecular complexity index is 983. The summed E-state index contributed by atoms with van der Waals surface area (Å²) in [5.41, 5.74) is 2.00. The zero-order valence-corrected chi connectivity index (χ0v) is 15.9. The van der Waals surface area contributed by atoms with E-state index < -0.39 is 12.0 Å². The molecular weight excluding hydrogens is 378 g/mol. The third-order valence-electron chi connectivity index (χ3n) is 4.84. The van der Waals surface area contributed by atoms with Gasteiger partial charge in [-0.05, 0) is 29.0 Å². The van der Waals surface area contributed by atoms with Gasteiger partial charge in [0.1, 0.15) is 6.04 Å². The SMILES string of the molecule is O=C(O)[C@@H]1Cc2ccccc2CN1C(=O)CCCc1nc(-c2cccs2)no1. The molecule has 0 aliphatic carbocycles. The van der Waals surface area contributed by atoms with Crippen molar-refractivity contribution in [2.75, 3.05) is 0 Å². The number of thiophene rings is 1. The molecule has 7 nitrogen and oxygen atoms in total. The number of carbonyl (C=O) groups is 2. The minimum absolute atomic E-state index is 0.167. The Hall–Kier alpha value is -3.00. The molecule has 0 bridgehead atoms. The number of fused-ring (bicyclic) bond motifs is 1. The molecule has 1 aliphatic heterocycles. The number of hydrogen-bond acceptors (Lipinski definition) is 6. The molecule has 2 aromatic heterocycles. The first kappa shape index (κ1) is 18.4. The van der Waals surface area contributed by atoms with Crippen LogP contribution in [0, 0.1) is 0 Å². The highest BCUT2D eigenvalue weighted by Crippen LogP contribution is 2.25. The molecule has 0 saturated carbocycles. The second-order valence-electron chi connectivity index (χ2n) is 6.69. The molecule has 0 fully saturated rings. The van der Waals surface area contributed by atoms with Crippen LogP contribution in [0.15, 0.2) is 46.3 Å². The van der Waals surface area contributed by atoms with Gasteiger partial charge in [-0.15, -0.1) is 11.3 Å². The van der Waals surface area contributed by atoms with Gasteiger partial charge in [0.2, 0.25) is 17.6 Å². The van der Waals surface area contributed by atoms with E-state index in [2.05, 4.69) is 10.1 Å². The summed E-state index contributed by atoms with van der Waals surface area (Å²) in [5.74, 6) is -0.106. The molecule has 0 radical (unpaired) electrons. The number of amides is 1. The van der Waals surface area contributed by atoms with Crippen molar-refractivity contribution in [1.82, 2.24) is 15.0 Å². The van der Waals surface area contributed by atoms with Gasteiger partial charge < -0.3 is 14.5 Å². The van der Waals surface area contributed by atoms with Gasteiger partial charge in [-0.1, -0.05) is 35.5 Å². The fourth-order valence-corrected chi connectivity index (χ4v) is 4.05. The number of carbonyl (C=O) groups excluding carboxylic acids is 1. The number of nitrogens with zero attached hydrogens (tertiary/aromatic N) is 3. The molecule has 28 heavy (non-hydrogen) atoms. The Morgan fingerprint density at radius 3 is 2.79 bits per heavy atom. The Balaban J connectivity index is 1.37. The molecule has 1 aliphatic rings. The van der Waals surface area contributed by atoms with Crippen molar-refractivity contribution >= 4 is 23.2 Å². The number of carboxylic acids is 1. The number of carboxylic acid groups (broad SMARTS) is 1. The molecule has 0 spiro atoms. The predicted molar refractivity (Wildman–Crippen MR) is 103 cm³/mol. The molecule has 1 aromatic carbocycles. The zero-order chi connectivity index (χ0) is 19.5. The van der Waals surface area contributed by atoms with E-state index in [1.807, 2.05) is 41.8 Å². The first-order valence-corrected chi connectivity index (χ1v) is 9.95. The summed E-state index contributed by atoms with van der Waals surface area (Å²) in [6.07, 6.45) is 1.58. The summed E-state index contributed by atoms with van der Waals surface area (Å²) < 4.78 is 5.25. The Morgan fingerprint density at radius 1 is 1.21 bits per heavy atom. The maximum Gasteiger partial charge on any atom is 0.326 e. The zero-order valence-electron chi connectivity index (χ0n) is 15.1. The predicted octanol–water partition coefficient (Wildman–Crippen LogP) is 3.16. The van der Waals surface area contributed by atoms with E-state index in [0.717, 1.165) is 16.0 Å². The first-order chi connectivity index (χ1) is 13.6. The minimum atomic E-state index is -0.972. The van der Waals surface area contributed by atoms with Crippen LogP contribution in [0.25, 0.3) is 10.7 Å². The third-order valence-corrected chi connectivity index (χ3v) is 5.71. The highest BCUT2D eigenvalue weighted by molar-refractivity contribution is 7.13. The van der Waals surface area contributed by atoms with Crippen molar-refractivity contribution in [2.45, 2.75) is 38.3 Å². The van der Waals surface area contributed by atoms with Crippen LogP contribution in [-0.4, -0.2) is 38.1 Å². The van der Waals surface area contributed by atoms with Crippen molar-refractivity contribution in [3.05, 3.63) is 58.8 Å². The number of rotatable bonds is 6. The molecule has 1 amide bonds. The molecule has 144 valence electrons. The van der Waals surface area contributed by atoms with Gasteiger partial charge >= 0.3 is 5.97 Å². The topological polar surface area (TPSA) is 96.5 Å². The maximum atomic E-state index is 12.7. The van der Waals surface area contributed by atoms with E-state index in [-0.39, 0.29) is 12.3 Å². The van der Waals surface area contributed by atoms with E-state index >= 15 is 0 Å². The molecule has 1 atom stereocenters. The molecule has 3 aromatic rings. The highest BCUT2D eigenvalue weighted by Gasteiger charge is 2.34. The van der Waals surface area contributed by atoms with Crippen molar-refractivity contribution in [3.63, 3.8) is 0 Å². The van der Waals surface area contributed by atoms with Crippen LogP contribution in [0.1, 0.15) is 29.9 Å². The highest BCUT2D eigenvalue weighted by atomic mass is 32.1. The van der Waals surface area contributed by atoms with E-state index in [1.165, 1.54) is 16.2 Å². The molecule has 8 heteroatoms. The Kier molecular flexibility index (Phi) is 5.21. The number of hydrogen-bond donors (Lipinski definition) is 1. The Labute approximate surface area is 165 Å². The van der Waals surface area contributed by atoms with Gasteiger partial charge in [0.05, 0.1) is 4.88 Å². The normalized spacial score (nSPS) is 16.0. The van der Waals surface area contributed by atoms with Crippen LogP contribution < -0.4 is 0 Å².